The molecule has 0 radical (unpaired) electrons. The zero-order valence-electron chi connectivity index (χ0n) is 8.11. The van der Waals surface area contributed by atoms with Crippen LogP contribution in [0.1, 0.15) is 11.1 Å². The molecule has 15 heavy (non-hydrogen) atoms. The molecule has 0 aliphatic heterocycles. The minimum absolute atomic E-state index is 0.0447. The molecule has 0 bridgehead atoms. The largest absolute Gasteiger partial charge is 0.872 e. The number of hydrogen-bond acceptors (Lipinski definition) is 1. The molecule has 0 spiro atoms. The molecule has 76 valence electrons. The first-order chi connectivity index (χ1) is 7.25. The molecule has 2 heteroatoms. The third kappa shape index (κ3) is 2.51. The van der Waals surface area contributed by atoms with E-state index in [1.54, 1.807) is 12.1 Å². The zero-order chi connectivity index (χ0) is 10.7. The molecule has 2 aromatic rings. The van der Waals surface area contributed by atoms with Crippen molar-refractivity contribution in [2.75, 3.05) is 0 Å². The second-order valence-corrected chi connectivity index (χ2v) is 3.85. The molecule has 1 nitrogen and oxygen atoms in total. The third-order valence-electron chi connectivity index (χ3n) is 2.26. The molecule has 0 fully saturated rings. The van der Waals surface area contributed by atoms with Crippen LogP contribution in [-0.4, -0.2) is 0 Å². The second kappa shape index (κ2) is 4.37. The summed E-state index contributed by atoms with van der Waals surface area (Å²) in [5.74, 6) is 0.0447. The van der Waals surface area contributed by atoms with Crippen molar-refractivity contribution in [3.8, 4) is 5.75 Å². The maximum absolute atomic E-state index is 11.5. The second-order valence-electron chi connectivity index (χ2n) is 3.41. The van der Waals surface area contributed by atoms with Crippen LogP contribution in [0.25, 0.3) is 0 Å². The van der Waals surface area contributed by atoms with Crippen LogP contribution < -0.4 is 5.11 Å². The Morgan fingerprint density at radius 1 is 1.00 bits per heavy atom. The standard InChI is InChI=1S/C13H11ClO/c14-12-6-7-13(15)11(9-12)8-10-4-2-1-3-5-10/h1-7,9,15H,8H2/p-1. The van der Waals surface area contributed by atoms with E-state index in [4.69, 9.17) is 11.6 Å². The Balaban J connectivity index is 2.28. The normalized spacial score (nSPS) is 10.2. The van der Waals surface area contributed by atoms with E-state index in [0.717, 1.165) is 11.1 Å². The fourth-order valence-corrected chi connectivity index (χ4v) is 1.70. The van der Waals surface area contributed by atoms with Gasteiger partial charge in [-0.05, 0) is 24.1 Å². The summed E-state index contributed by atoms with van der Waals surface area (Å²) in [5, 5.41) is 12.1. The van der Waals surface area contributed by atoms with Crippen LogP contribution in [0.4, 0.5) is 0 Å². The average Bonchev–Trinajstić information content (AvgIpc) is 2.25. The molecule has 0 heterocycles. The quantitative estimate of drug-likeness (QED) is 0.759. The van der Waals surface area contributed by atoms with Gasteiger partial charge in [-0.1, -0.05) is 53.6 Å². The minimum Gasteiger partial charge on any atom is -0.872 e. The van der Waals surface area contributed by atoms with Gasteiger partial charge in [0.2, 0.25) is 0 Å². The van der Waals surface area contributed by atoms with Gasteiger partial charge in [-0.2, -0.15) is 0 Å². The highest BCUT2D eigenvalue weighted by Gasteiger charge is 1.98. The first-order valence-electron chi connectivity index (χ1n) is 4.75. The van der Waals surface area contributed by atoms with Crippen LogP contribution in [-0.2, 0) is 6.42 Å². The maximum Gasteiger partial charge on any atom is 0.0408 e. The van der Waals surface area contributed by atoms with Gasteiger partial charge in [-0.3, -0.25) is 0 Å². The molecular weight excluding hydrogens is 208 g/mol. The molecule has 2 aromatic carbocycles. The molecule has 0 saturated heterocycles. The van der Waals surface area contributed by atoms with Crippen molar-refractivity contribution in [1.29, 1.82) is 0 Å². The van der Waals surface area contributed by atoms with Crippen molar-refractivity contribution in [2.24, 2.45) is 0 Å². The van der Waals surface area contributed by atoms with E-state index in [-0.39, 0.29) is 5.75 Å². The van der Waals surface area contributed by atoms with E-state index in [1.165, 1.54) is 6.07 Å². The van der Waals surface area contributed by atoms with Crippen molar-refractivity contribution < 1.29 is 5.11 Å². The van der Waals surface area contributed by atoms with Gasteiger partial charge in [-0.15, -0.1) is 5.75 Å². The van der Waals surface area contributed by atoms with Crippen LogP contribution >= 0.6 is 11.6 Å². The van der Waals surface area contributed by atoms with Gasteiger partial charge in [0.25, 0.3) is 0 Å². The summed E-state index contributed by atoms with van der Waals surface area (Å²) >= 11 is 5.84. The predicted octanol–water partition coefficient (Wildman–Crippen LogP) is 3.00. The molecule has 0 amide bonds. The van der Waals surface area contributed by atoms with Gasteiger partial charge in [0.15, 0.2) is 0 Å². The fraction of sp³-hybridized carbons (Fsp3) is 0.0769. The smallest absolute Gasteiger partial charge is 0.0408 e. The number of rotatable bonds is 2. The Labute approximate surface area is 94.0 Å². The van der Waals surface area contributed by atoms with Crippen LogP contribution in [0.5, 0.6) is 5.75 Å². The van der Waals surface area contributed by atoms with Crippen molar-refractivity contribution in [3.63, 3.8) is 0 Å². The Morgan fingerprint density at radius 2 is 1.73 bits per heavy atom. The lowest BCUT2D eigenvalue weighted by atomic mass is 10.0. The van der Waals surface area contributed by atoms with E-state index in [2.05, 4.69) is 0 Å². The minimum atomic E-state index is 0.0447. The monoisotopic (exact) mass is 217 g/mol. The van der Waals surface area contributed by atoms with Gasteiger partial charge in [-0.25, -0.2) is 0 Å². The van der Waals surface area contributed by atoms with Crippen molar-refractivity contribution in [1.82, 2.24) is 0 Å². The van der Waals surface area contributed by atoms with Crippen LogP contribution in [0.15, 0.2) is 48.5 Å². The molecule has 0 atom stereocenters. The Kier molecular flexibility index (Phi) is 2.93. The van der Waals surface area contributed by atoms with Crippen LogP contribution in [0.3, 0.4) is 0 Å². The van der Waals surface area contributed by atoms with Crippen LogP contribution in [0, 0.1) is 0 Å². The number of hydrogen-bond donors (Lipinski definition) is 0. The molecular formula is C13H10ClO-. The number of halogens is 1. The highest BCUT2D eigenvalue weighted by atomic mass is 35.5. The molecule has 0 unspecified atom stereocenters. The van der Waals surface area contributed by atoms with E-state index in [1.807, 2.05) is 30.3 Å². The summed E-state index contributed by atoms with van der Waals surface area (Å²) < 4.78 is 0. The Morgan fingerprint density at radius 3 is 2.47 bits per heavy atom. The first-order valence-corrected chi connectivity index (χ1v) is 5.13. The predicted molar refractivity (Wildman–Crippen MR) is 60.1 cm³/mol. The van der Waals surface area contributed by atoms with E-state index in [9.17, 15) is 5.11 Å². The van der Waals surface area contributed by atoms with Crippen LogP contribution in [0.2, 0.25) is 5.02 Å². The van der Waals surface area contributed by atoms with Gasteiger partial charge >= 0.3 is 0 Å². The highest BCUT2D eigenvalue weighted by molar-refractivity contribution is 6.30. The summed E-state index contributed by atoms with van der Waals surface area (Å²) in [6, 6.07) is 14.8. The SMILES string of the molecule is [O-]c1ccc(Cl)cc1Cc1ccccc1. The van der Waals surface area contributed by atoms with Crippen molar-refractivity contribution >= 4 is 11.6 Å². The molecule has 0 saturated carbocycles. The van der Waals surface area contributed by atoms with Gasteiger partial charge in [0, 0.05) is 5.02 Å². The molecule has 0 aliphatic rings. The summed E-state index contributed by atoms with van der Waals surface area (Å²) in [7, 11) is 0. The number of benzene rings is 2. The molecule has 0 aliphatic carbocycles. The van der Waals surface area contributed by atoms with Gasteiger partial charge < -0.3 is 5.11 Å². The van der Waals surface area contributed by atoms with Gasteiger partial charge in [0.05, 0.1) is 0 Å². The van der Waals surface area contributed by atoms with E-state index < -0.39 is 0 Å². The van der Waals surface area contributed by atoms with Gasteiger partial charge in [0.1, 0.15) is 0 Å². The summed E-state index contributed by atoms with van der Waals surface area (Å²) in [6.07, 6.45) is 0.639. The Bertz CT molecular complexity index is 451. The lowest BCUT2D eigenvalue weighted by molar-refractivity contribution is -0.269. The molecule has 2 rings (SSSR count). The third-order valence-corrected chi connectivity index (χ3v) is 2.50. The zero-order valence-corrected chi connectivity index (χ0v) is 8.87. The molecule has 0 N–H and O–H groups in total. The first kappa shape index (κ1) is 10.1. The van der Waals surface area contributed by atoms with E-state index in [0.29, 0.717) is 11.4 Å². The summed E-state index contributed by atoms with van der Waals surface area (Å²) in [4.78, 5) is 0. The molecule has 0 aromatic heterocycles. The average molecular weight is 218 g/mol. The topological polar surface area (TPSA) is 23.1 Å². The van der Waals surface area contributed by atoms with Crippen molar-refractivity contribution in [3.05, 3.63) is 64.7 Å². The highest BCUT2D eigenvalue weighted by Crippen LogP contribution is 2.21. The Hall–Kier alpha value is -1.47. The lowest BCUT2D eigenvalue weighted by Crippen LogP contribution is -1.97. The summed E-state index contributed by atoms with van der Waals surface area (Å²) in [6.45, 7) is 0. The fourth-order valence-electron chi connectivity index (χ4n) is 1.50. The maximum atomic E-state index is 11.5. The summed E-state index contributed by atoms with van der Waals surface area (Å²) in [5.41, 5.74) is 1.87. The lowest BCUT2D eigenvalue weighted by Gasteiger charge is -2.13. The van der Waals surface area contributed by atoms with E-state index >= 15 is 0 Å². The van der Waals surface area contributed by atoms with Crippen molar-refractivity contribution in [2.45, 2.75) is 6.42 Å².